The van der Waals surface area contributed by atoms with Crippen LogP contribution in [0.1, 0.15) is 24.8 Å². The SMILES string of the molecule is Cl.NC1CCC(C(=O)NCc2cccc(OCC(F)(F)F)c2)C1. The van der Waals surface area contributed by atoms with Crippen LogP contribution in [0, 0.1) is 5.92 Å². The first kappa shape index (κ1) is 19.6. The fourth-order valence-electron chi connectivity index (χ4n) is 2.50. The predicted octanol–water partition coefficient (Wildman–Crippen LogP) is 2.79. The summed E-state index contributed by atoms with van der Waals surface area (Å²) in [6.07, 6.45) is -2.06. The number of benzene rings is 1. The maximum Gasteiger partial charge on any atom is 0.422 e. The standard InChI is InChI=1S/C15H19F3N2O2.ClH/c16-15(17,18)9-22-13-3-1-2-10(6-13)8-20-14(21)11-4-5-12(19)7-11;/h1-3,6,11-12H,4-5,7-9,19H2,(H,20,21);1H. The Bertz CT molecular complexity index is 526. The zero-order valence-electron chi connectivity index (χ0n) is 12.4. The molecule has 1 aliphatic rings. The molecule has 1 saturated carbocycles. The Kier molecular flexibility index (Phi) is 7.15. The molecule has 0 radical (unpaired) electrons. The third-order valence-corrected chi connectivity index (χ3v) is 3.61. The monoisotopic (exact) mass is 352 g/mol. The number of carbonyl (C=O) groups is 1. The first-order valence-electron chi connectivity index (χ1n) is 7.15. The van der Waals surface area contributed by atoms with Crippen LogP contribution >= 0.6 is 12.4 Å². The van der Waals surface area contributed by atoms with Crippen molar-refractivity contribution in [3.8, 4) is 5.75 Å². The predicted molar refractivity (Wildman–Crippen MR) is 82.4 cm³/mol. The van der Waals surface area contributed by atoms with Gasteiger partial charge in [0.25, 0.3) is 0 Å². The molecule has 4 nitrogen and oxygen atoms in total. The van der Waals surface area contributed by atoms with E-state index in [0.717, 1.165) is 12.8 Å². The van der Waals surface area contributed by atoms with Gasteiger partial charge in [-0.05, 0) is 37.0 Å². The molecule has 1 aliphatic carbocycles. The highest BCUT2D eigenvalue weighted by atomic mass is 35.5. The molecule has 2 rings (SSSR count). The number of nitrogens with two attached hydrogens (primary N) is 1. The van der Waals surface area contributed by atoms with Gasteiger partial charge in [0.15, 0.2) is 6.61 Å². The molecular formula is C15H20ClF3N2O2. The van der Waals surface area contributed by atoms with Crippen LogP contribution < -0.4 is 15.8 Å². The van der Waals surface area contributed by atoms with Crippen LogP contribution in [0.5, 0.6) is 5.75 Å². The van der Waals surface area contributed by atoms with Crippen molar-refractivity contribution in [2.45, 2.75) is 38.0 Å². The van der Waals surface area contributed by atoms with E-state index in [1.807, 2.05) is 0 Å². The zero-order valence-corrected chi connectivity index (χ0v) is 13.3. The van der Waals surface area contributed by atoms with Gasteiger partial charge in [0.2, 0.25) is 5.91 Å². The Morgan fingerprint density at radius 1 is 1.35 bits per heavy atom. The Balaban J connectivity index is 0.00000264. The second-order valence-corrected chi connectivity index (χ2v) is 5.54. The Morgan fingerprint density at radius 3 is 2.70 bits per heavy atom. The van der Waals surface area contributed by atoms with Crippen LogP contribution in [-0.2, 0) is 11.3 Å². The summed E-state index contributed by atoms with van der Waals surface area (Å²) < 4.78 is 41.0. The number of hydrogen-bond acceptors (Lipinski definition) is 3. The lowest BCUT2D eigenvalue weighted by Gasteiger charge is -2.12. The van der Waals surface area contributed by atoms with E-state index in [4.69, 9.17) is 5.73 Å². The summed E-state index contributed by atoms with van der Waals surface area (Å²) in [6, 6.07) is 6.34. The van der Waals surface area contributed by atoms with Crippen LogP contribution in [0.3, 0.4) is 0 Å². The van der Waals surface area contributed by atoms with E-state index >= 15 is 0 Å². The van der Waals surface area contributed by atoms with Gasteiger partial charge < -0.3 is 15.8 Å². The number of alkyl halides is 3. The minimum Gasteiger partial charge on any atom is -0.484 e. The third kappa shape index (κ3) is 6.66. The van der Waals surface area contributed by atoms with Crippen molar-refractivity contribution in [3.63, 3.8) is 0 Å². The van der Waals surface area contributed by atoms with E-state index in [1.54, 1.807) is 12.1 Å². The van der Waals surface area contributed by atoms with Crippen LogP contribution in [0.15, 0.2) is 24.3 Å². The van der Waals surface area contributed by atoms with Crippen molar-refractivity contribution < 1.29 is 22.7 Å². The fourth-order valence-corrected chi connectivity index (χ4v) is 2.50. The molecular weight excluding hydrogens is 333 g/mol. The summed E-state index contributed by atoms with van der Waals surface area (Å²) in [7, 11) is 0. The van der Waals surface area contributed by atoms with Crippen molar-refractivity contribution in [1.82, 2.24) is 5.32 Å². The molecule has 1 amide bonds. The van der Waals surface area contributed by atoms with Gasteiger partial charge in [-0.2, -0.15) is 13.2 Å². The van der Waals surface area contributed by atoms with E-state index in [-0.39, 0.29) is 42.6 Å². The molecule has 2 unspecified atom stereocenters. The van der Waals surface area contributed by atoms with Crippen LogP contribution in [0.4, 0.5) is 13.2 Å². The molecule has 1 aromatic rings. The molecule has 23 heavy (non-hydrogen) atoms. The molecule has 1 aromatic carbocycles. The van der Waals surface area contributed by atoms with Crippen LogP contribution in [0.25, 0.3) is 0 Å². The molecule has 0 bridgehead atoms. The van der Waals surface area contributed by atoms with E-state index in [1.165, 1.54) is 12.1 Å². The molecule has 3 N–H and O–H groups in total. The summed E-state index contributed by atoms with van der Waals surface area (Å²) >= 11 is 0. The van der Waals surface area contributed by atoms with Crippen LogP contribution in [-0.4, -0.2) is 24.7 Å². The fraction of sp³-hybridized carbons (Fsp3) is 0.533. The second kappa shape index (κ2) is 8.40. The minimum absolute atomic E-state index is 0. The maximum atomic E-state index is 12.1. The van der Waals surface area contributed by atoms with E-state index < -0.39 is 12.8 Å². The van der Waals surface area contributed by atoms with Crippen molar-refractivity contribution in [3.05, 3.63) is 29.8 Å². The van der Waals surface area contributed by atoms with Crippen molar-refractivity contribution in [2.24, 2.45) is 11.7 Å². The van der Waals surface area contributed by atoms with Crippen molar-refractivity contribution in [2.75, 3.05) is 6.61 Å². The van der Waals surface area contributed by atoms with E-state index in [9.17, 15) is 18.0 Å². The molecule has 1 fully saturated rings. The zero-order chi connectivity index (χ0) is 16.2. The Morgan fingerprint density at radius 2 is 2.09 bits per heavy atom. The summed E-state index contributed by atoms with van der Waals surface area (Å²) in [4.78, 5) is 12.0. The molecule has 130 valence electrons. The lowest BCUT2D eigenvalue weighted by atomic mass is 10.1. The van der Waals surface area contributed by atoms with Gasteiger partial charge in [-0.15, -0.1) is 12.4 Å². The number of nitrogens with one attached hydrogen (secondary N) is 1. The number of ether oxygens (including phenoxy) is 1. The lowest BCUT2D eigenvalue weighted by Crippen LogP contribution is -2.30. The summed E-state index contributed by atoms with van der Waals surface area (Å²) in [6.45, 7) is -1.07. The lowest BCUT2D eigenvalue weighted by molar-refractivity contribution is -0.153. The molecule has 0 aromatic heterocycles. The summed E-state index contributed by atoms with van der Waals surface area (Å²) in [5, 5.41) is 2.79. The second-order valence-electron chi connectivity index (χ2n) is 5.54. The van der Waals surface area contributed by atoms with E-state index in [0.29, 0.717) is 12.0 Å². The van der Waals surface area contributed by atoms with Crippen LogP contribution in [0.2, 0.25) is 0 Å². The number of amides is 1. The quantitative estimate of drug-likeness (QED) is 0.856. The molecule has 0 heterocycles. The Labute approximate surface area is 139 Å². The smallest absolute Gasteiger partial charge is 0.422 e. The first-order valence-corrected chi connectivity index (χ1v) is 7.15. The highest BCUT2D eigenvalue weighted by Gasteiger charge is 2.29. The Hall–Kier alpha value is -1.47. The molecule has 0 aliphatic heterocycles. The highest BCUT2D eigenvalue weighted by molar-refractivity contribution is 5.85. The van der Waals surface area contributed by atoms with Gasteiger partial charge >= 0.3 is 6.18 Å². The summed E-state index contributed by atoms with van der Waals surface area (Å²) in [5.74, 6) is 0.00110. The molecule has 8 heteroatoms. The van der Waals surface area contributed by atoms with Gasteiger partial charge in [0.05, 0.1) is 0 Å². The van der Waals surface area contributed by atoms with Gasteiger partial charge in [0, 0.05) is 18.5 Å². The average Bonchev–Trinajstić information content (AvgIpc) is 2.89. The number of halogens is 4. The highest BCUT2D eigenvalue weighted by Crippen LogP contribution is 2.24. The third-order valence-electron chi connectivity index (χ3n) is 3.61. The van der Waals surface area contributed by atoms with Crippen molar-refractivity contribution >= 4 is 18.3 Å². The normalized spacial score (nSPS) is 20.7. The topological polar surface area (TPSA) is 64.4 Å². The minimum atomic E-state index is -4.37. The number of carbonyl (C=O) groups excluding carboxylic acids is 1. The van der Waals surface area contributed by atoms with Gasteiger partial charge in [-0.25, -0.2) is 0 Å². The summed E-state index contributed by atoms with van der Waals surface area (Å²) in [5.41, 5.74) is 6.46. The van der Waals surface area contributed by atoms with Gasteiger partial charge in [-0.1, -0.05) is 12.1 Å². The van der Waals surface area contributed by atoms with Crippen molar-refractivity contribution in [1.29, 1.82) is 0 Å². The van der Waals surface area contributed by atoms with Gasteiger partial charge in [-0.3, -0.25) is 4.79 Å². The van der Waals surface area contributed by atoms with Gasteiger partial charge in [0.1, 0.15) is 5.75 Å². The number of rotatable bonds is 5. The first-order chi connectivity index (χ1) is 10.3. The molecule has 2 atom stereocenters. The number of hydrogen-bond donors (Lipinski definition) is 2. The molecule has 0 saturated heterocycles. The van der Waals surface area contributed by atoms with E-state index in [2.05, 4.69) is 10.1 Å². The average molecular weight is 353 g/mol. The molecule has 0 spiro atoms. The largest absolute Gasteiger partial charge is 0.484 e. The maximum absolute atomic E-state index is 12.1.